The highest BCUT2D eigenvalue weighted by molar-refractivity contribution is 6.05. The Morgan fingerprint density at radius 3 is 2.71 bits per heavy atom. The Hall–Kier alpha value is -2.13. The van der Waals surface area contributed by atoms with E-state index < -0.39 is 0 Å². The van der Waals surface area contributed by atoms with Gasteiger partial charge in [-0.05, 0) is 42.8 Å². The van der Waals surface area contributed by atoms with Gasteiger partial charge in [-0.2, -0.15) is 0 Å². The smallest absolute Gasteiger partial charge is 0.193 e. The number of hydrogen-bond acceptors (Lipinski definition) is 3. The van der Waals surface area contributed by atoms with Gasteiger partial charge < -0.3 is 9.73 Å². The van der Waals surface area contributed by atoms with Crippen LogP contribution in [-0.2, 0) is 0 Å². The van der Waals surface area contributed by atoms with E-state index in [4.69, 9.17) is 4.42 Å². The molecular weight excluding hydrogens is 262 g/mol. The summed E-state index contributed by atoms with van der Waals surface area (Å²) in [5.41, 5.74) is 0.774. The van der Waals surface area contributed by atoms with Crippen LogP contribution < -0.4 is 10.7 Å². The monoisotopic (exact) mass is 279 g/mol. The highest BCUT2D eigenvalue weighted by atomic mass is 16.3. The van der Waals surface area contributed by atoms with Crippen LogP contribution in [0, 0.1) is 0 Å². The number of nitrogens with one attached hydrogen (secondary N) is 1. The highest BCUT2D eigenvalue weighted by Crippen LogP contribution is 2.29. The third-order valence-corrected chi connectivity index (χ3v) is 4.38. The van der Waals surface area contributed by atoms with Crippen molar-refractivity contribution in [3.63, 3.8) is 0 Å². The van der Waals surface area contributed by atoms with E-state index in [2.05, 4.69) is 5.32 Å². The Balaban J connectivity index is 1.94. The van der Waals surface area contributed by atoms with Gasteiger partial charge in [0, 0.05) is 12.0 Å². The summed E-state index contributed by atoms with van der Waals surface area (Å²) in [7, 11) is 0. The maximum Gasteiger partial charge on any atom is 0.193 e. The van der Waals surface area contributed by atoms with Crippen molar-refractivity contribution < 1.29 is 4.42 Å². The normalized spacial score (nSPS) is 16.6. The van der Waals surface area contributed by atoms with E-state index in [1.165, 1.54) is 0 Å². The maximum atomic E-state index is 12.6. The summed E-state index contributed by atoms with van der Waals surface area (Å²) in [6.45, 7) is 1.98. The summed E-state index contributed by atoms with van der Waals surface area (Å²) < 4.78 is 6.06. The molecule has 21 heavy (non-hydrogen) atoms. The summed E-state index contributed by atoms with van der Waals surface area (Å²) >= 11 is 0. The van der Waals surface area contributed by atoms with Crippen LogP contribution in [0.15, 0.2) is 51.7 Å². The summed E-state index contributed by atoms with van der Waals surface area (Å²) in [5, 5.41) is 6.09. The van der Waals surface area contributed by atoms with Crippen LogP contribution in [0.25, 0.3) is 21.7 Å². The van der Waals surface area contributed by atoms with Crippen LogP contribution in [-0.4, -0.2) is 13.1 Å². The quantitative estimate of drug-likeness (QED) is 0.694. The van der Waals surface area contributed by atoms with E-state index in [9.17, 15) is 4.79 Å². The lowest BCUT2D eigenvalue weighted by atomic mass is 9.94. The van der Waals surface area contributed by atoms with Gasteiger partial charge in [0.2, 0.25) is 0 Å². The van der Waals surface area contributed by atoms with Gasteiger partial charge in [0.15, 0.2) is 5.43 Å². The topological polar surface area (TPSA) is 42.2 Å². The highest BCUT2D eigenvalue weighted by Gasteiger charge is 2.19. The van der Waals surface area contributed by atoms with Gasteiger partial charge >= 0.3 is 0 Å². The Morgan fingerprint density at radius 2 is 1.86 bits per heavy atom. The molecule has 106 valence electrons. The molecule has 4 rings (SSSR count). The second-order valence-electron chi connectivity index (χ2n) is 5.70. The molecule has 1 aromatic heterocycles. The van der Waals surface area contributed by atoms with Gasteiger partial charge in [0.1, 0.15) is 11.3 Å². The Kier molecular flexibility index (Phi) is 3.00. The van der Waals surface area contributed by atoms with Gasteiger partial charge in [-0.15, -0.1) is 0 Å². The summed E-state index contributed by atoms with van der Waals surface area (Å²) in [6, 6.07) is 13.6. The zero-order valence-corrected chi connectivity index (χ0v) is 11.8. The van der Waals surface area contributed by atoms with Gasteiger partial charge in [-0.25, -0.2) is 0 Å². The first-order valence-electron chi connectivity index (χ1n) is 7.49. The van der Waals surface area contributed by atoms with Gasteiger partial charge in [0.25, 0.3) is 0 Å². The molecule has 1 fully saturated rings. The molecular formula is C18H17NO2. The largest absolute Gasteiger partial charge is 0.460 e. The average molecular weight is 279 g/mol. The van der Waals surface area contributed by atoms with Crippen molar-refractivity contribution in [1.29, 1.82) is 0 Å². The van der Waals surface area contributed by atoms with Gasteiger partial charge in [0.05, 0.1) is 5.39 Å². The van der Waals surface area contributed by atoms with Crippen LogP contribution in [0.2, 0.25) is 0 Å². The second-order valence-corrected chi connectivity index (χ2v) is 5.70. The van der Waals surface area contributed by atoms with Crippen LogP contribution in [0.1, 0.15) is 24.5 Å². The molecule has 0 spiro atoms. The lowest BCUT2D eigenvalue weighted by Gasteiger charge is -2.21. The molecule has 2 aromatic carbocycles. The lowest BCUT2D eigenvalue weighted by molar-refractivity contribution is 0.392. The van der Waals surface area contributed by atoms with Crippen LogP contribution in [0.5, 0.6) is 0 Å². The summed E-state index contributed by atoms with van der Waals surface area (Å²) in [6.07, 6.45) is 2.06. The van der Waals surface area contributed by atoms with E-state index in [1.807, 2.05) is 36.4 Å². The van der Waals surface area contributed by atoms with Crippen LogP contribution in [0.3, 0.4) is 0 Å². The molecule has 0 amide bonds. The Labute approximate surface area is 122 Å². The minimum Gasteiger partial charge on any atom is -0.460 e. The molecule has 0 saturated carbocycles. The third-order valence-electron chi connectivity index (χ3n) is 4.38. The predicted molar refractivity (Wildman–Crippen MR) is 84.8 cm³/mol. The van der Waals surface area contributed by atoms with E-state index in [0.29, 0.717) is 16.9 Å². The molecule has 0 bridgehead atoms. The number of piperidine rings is 1. The second kappa shape index (κ2) is 5.01. The molecule has 0 radical (unpaired) electrons. The van der Waals surface area contributed by atoms with Crippen LogP contribution in [0.4, 0.5) is 0 Å². The molecule has 2 heterocycles. The van der Waals surface area contributed by atoms with Crippen molar-refractivity contribution in [3.8, 4) is 0 Å². The zero-order chi connectivity index (χ0) is 14.2. The van der Waals surface area contributed by atoms with Crippen molar-refractivity contribution in [2.75, 3.05) is 13.1 Å². The standard InChI is InChI=1S/C18H17NO2/c20-15-11-17(13-7-9-19-10-8-13)21-16-6-5-12-3-1-2-4-14(12)18(15)16/h1-6,11,13,19H,7-10H2. The van der Waals surface area contributed by atoms with E-state index in [-0.39, 0.29) is 5.43 Å². The lowest BCUT2D eigenvalue weighted by Crippen LogP contribution is -2.27. The molecule has 0 atom stereocenters. The molecule has 3 nitrogen and oxygen atoms in total. The minimum atomic E-state index is 0.0709. The molecule has 1 saturated heterocycles. The van der Waals surface area contributed by atoms with Crippen molar-refractivity contribution in [1.82, 2.24) is 5.32 Å². The molecule has 1 aliphatic heterocycles. The summed E-state index contributed by atoms with van der Waals surface area (Å²) in [4.78, 5) is 12.6. The van der Waals surface area contributed by atoms with E-state index in [1.54, 1.807) is 6.07 Å². The average Bonchev–Trinajstić information content (AvgIpc) is 2.55. The molecule has 3 aromatic rings. The molecule has 1 aliphatic rings. The fraction of sp³-hybridized carbons (Fsp3) is 0.278. The summed E-state index contributed by atoms with van der Waals surface area (Å²) in [5.74, 6) is 1.19. The van der Waals surface area contributed by atoms with Crippen molar-refractivity contribution in [3.05, 3.63) is 58.4 Å². The molecule has 1 N–H and O–H groups in total. The number of fused-ring (bicyclic) bond motifs is 3. The van der Waals surface area contributed by atoms with Crippen LogP contribution >= 0.6 is 0 Å². The maximum absolute atomic E-state index is 12.6. The SMILES string of the molecule is O=c1cc(C2CCNCC2)oc2ccc3ccccc3c12. The Morgan fingerprint density at radius 1 is 1.05 bits per heavy atom. The number of rotatable bonds is 1. The zero-order valence-electron chi connectivity index (χ0n) is 11.8. The molecule has 0 aliphatic carbocycles. The first kappa shape index (κ1) is 12.6. The third kappa shape index (κ3) is 2.14. The number of hydrogen-bond donors (Lipinski definition) is 1. The molecule has 0 unspecified atom stereocenters. The fourth-order valence-corrected chi connectivity index (χ4v) is 3.26. The first-order chi connectivity index (χ1) is 10.3. The number of benzene rings is 2. The van der Waals surface area contributed by atoms with Crippen molar-refractivity contribution in [2.24, 2.45) is 0 Å². The van der Waals surface area contributed by atoms with Gasteiger partial charge in [-0.3, -0.25) is 4.79 Å². The van der Waals surface area contributed by atoms with Crippen molar-refractivity contribution >= 4 is 21.7 Å². The Bertz CT molecular complexity index is 860. The van der Waals surface area contributed by atoms with E-state index in [0.717, 1.165) is 42.5 Å². The first-order valence-corrected chi connectivity index (χ1v) is 7.49. The molecule has 3 heteroatoms. The van der Waals surface area contributed by atoms with Gasteiger partial charge in [-0.1, -0.05) is 30.3 Å². The fourth-order valence-electron chi connectivity index (χ4n) is 3.26. The minimum absolute atomic E-state index is 0.0709. The predicted octanol–water partition coefficient (Wildman–Crippen LogP) is 3.41. The van der Waals surface area contributed by atoms with Crippen molar-refractivity contribution in [2.45, 2.75) is 18.8 Å². The van der Waals surface area contributed by atoms with E-state index >= 15 is 0 Å².